The number of imide groups is 1. The Labute approximate surface area is 175 Å². The number of fused-ring (bicyclic) bond motifs is 1. The Kier molecular flexibility index (Phi) is 4.94. The van der Waals surface area contributed by atoms with Gasteiger partial charge in [0.15, 0.2) is 0 Å². The lowest BCUT2D eigenvalue weighted by Crippen LogP contribution is -2.51. The van der Waals surface area contributed by atoms with Gasteiger partial charge in [0.2, 0.25) is 11.8 Å². The molecular weight excluding hydrogens is 378 g/mol. The molecule has 6 heteroatoms. The third-order valence-electron chi connectivity index (χ3n) is 6.10. The van der Waals surface area contributed by atoms with Crippen molar-refractivity contribution in [1.82, 2.24) is 10.3 Å². The molecule has 1 aliphatic heterocycles. The summed E-state index contributed by atoms with van der Waals surface area (Å²) in [6, 6.07) is 13.3. The minimum atomic E-state index is -0.705. The molecule has 2 aromatic carbocycles. The first-order chi connectivity index (χ1) is 14.3. The van der Waals surface area contributed by atoms with Crippen molar-refractivity contribution in [2.75, 3.05) is 5.32 Å². The molecule has 0 radical (unpaired) electrons. The lowest BCUT2D eigenvalue weighted by molar-refractivity contribution is -0.138. The Morgan fingerprint density at radius 1 is 1.10 bits per heavy atom. The number of anilines is 1. The van der Waals surface area contributed by atoms with Crippen LogP contribution in [0.1, 0.15) is 53.4 Å². The molecule has 3 N–H and O–H groups in total. The molecule has 6 nitrogen and oxygen atoms in total. The van der Waals surface area contributed by atoms with E-state index >= 15 is 0 Å². The summed E-state index contributed by atoms with van der Waals surface area (Å²) in [5.74, 6) is -0.694. The Morgan fingerprint density at radius 2 is 1.83 bits per heavy atom. The number of amides is 3. The molecule has 1 saturated heterocycles. The van der Waals surface area contributed by atoms with Crippen LogP contribution in [0.15, 0.2) is 42.5 Å². The number of hydrogen-bond donors (Lipinski definition) is 3. The number of H-pyrrole nitrogens is 1. The van der Waals surface area contributed by atoms with E-state index in [2.05, 4.69) is 21.7 Å². The zero-order valence-corrected chi connectivity index (χ0v) is 17.4. The second-order valence-corrected chi connectivity index (χ2v) is 8.07. The van der Waals surface area contributed by atoms with Crippen molar-refractivity contribution >= 4 is 34.3 Å². The van der Waals surface area contributed by atoms with Crippen LogP contribution in [0.3, 0.4) is 0 Å². The van der Waals surface area contributed by atoms with Crippen LogP contribution in [0.5, 0.6) is 0 Å². The van der Waals surface area contributed by atoms with Crippen LogP contribution >= 0.6 is 0 Å². The molecule has 3 aromatic rings. The van der Waals surface area contributed by atoms with E-state index in [0.29, 0.717) is 30.6 Å². The molecule has 4 rings (SSSR count). The van der Waals surface area contributed by atoms with Crippen molar-refractivity contribution in [1.29, 1.82) is 0 Å². The number of aromatic amines is 1. The first kappa shape index (κ1) is 19.9. The van der Waals surface area contributed by atoms with Gasteiger partial charge in [-0.05, 0) is 67.6 Å². The van der Waals surface area contributed by atoms with Crippen molar-refractivity contribution in [2.24, 2.45) is 0 Å². The Morgan fingerprint density at radius 3 is 2.50 bits per heavy atom. The van der Waals surface area contributed by atoms with Crippen molar-refractivity contribution in [2.45, 2.75) is 45.4 Å². The van der Waals surface area contributed by atoms with Crippen LogP contribution in [0.25, 0.3) is 10.9 Å². The lowest BCUT2D eigenvalue weighted by atomic mass is 9.72. The maximum atomic E-state index is 12.7. The highest BCUT2D eigenvalue weighted by atomic mass is 16.2. The average molecular weight is 403 g/mol. The maximum absolute atomic E-state index is 12.7. The third kappa shape index (κ3) is 3.38. The Bertz CT molecular complexity index is 1160. The molecule has 1 aliphatic rings. The molecule has 1 aromatic heterocycles. The molecule has 0 saturated carbocycles. The summed E-state index contributed by atoms with van der Waals surface area (Å²) in [5.41, 5.74) is 4.50. The molecule has 30 heavy (non-hydrogen) atoms. The highest BCUT2D eigenvalue weighted by molar-refractivity contribution is 6.06. The van der Waals surface area contributed by atoms with E-state index < -0.39 is 5.41 Å². The highest BCUT2D eigenvalue weighted by Gasteiger charge is 2.42. The van der Waals surface area contributed by atoms with Gasteiger partial charge in [-0.2, -0.15) is 0 Å². The zero-order valence-electron chi connectivity index (χ0n) is 17.4. The number of carbonyl (C=O) groups excluding carboxylic acids is 3. The van der Waals surface area contributed by atoms with Gasteiger partial charge in [-0.1, -0.05) is 25.1 Å². The first-order valence-electron chi connectivity index (χ1n) is 10.2. The first-order valence-corrected chi connectivity index (χ1v) is 10.2. The van der Waals surface area contributed by atoms with Crippen LogP contribution in [-0.2, 0) is 15.0 Å². The van der Waals surface area contributed by atoms with Crippen molar-refractivity contribution < 1.29 is 14.4 Å². The van der Waals surface area contributed by atoms with Crippen LogP contribution in [0.2, 0.25) is 0 Å². The molecule has 154 valence electrons. The quantitative estimate of drug-likeness (QED) is 0.572. The second kappa shape index (κ2) is 7.44. The second-order valence-electron chi connectivity index (χ2n) is 8.07. The van der Waals surface area contributed by atoms with Crippen LogP contribution in [0, 0.1) is 13.8 Å². The number of carbonyl (C=O) groups is 3. The van der Waals surface area contributed by atoms with Crippen molar-refractivity contribution in [3.63, 3.8) is 0 Å². The molecule has 1 unspecified atom stereocenters. The number of piperidine rings is 1. The van der Waals surface area contributed by atoms with E-state index in [1.807, 2.05) is 45.0 Å². The fraction of sp³-hybridized carbons (Fsp3) is 0.292. The molecule has 1 atom stereocenters. The molecular formula is C24H25N3O3. The molecule has 3 amide bonds. The van der Waals surface area contributed by atoms with Gasteiger partial charge >= 0.3 is 0 Å². The van der Waals surface area contributed by atoms with E-state index in [0.717, 1.165) is 27.6 Å². The third-order valence-corrected chi connectivity index (χ3v) is 6.10. The van der Waals surface area contributed by atoms with E-state index in [1.165, 1.54) is 0 Å². The largest absolute Gasteiger partial charge is 0.351 e. The predicted octanol–water partition coefficient (Wildman–Crippen LogP) is 4.12. The van der Waals surface area contributed by atoms with Crippen molar-refractivity contribution in [3.05, 3.63) is 64.8 Å². The zero-order chi connectivity index (χ0) is 21.5. The summed E-state index contributed by atoms with van der Waals surface area (Å²) in [4.78, 5) is 40.0. The van der Waals surface area contributed by atoms with Gasteiger partial charge in [-0.15, -0.1) is 0 Å². The summed E-state index contributed by atoms with van der Waals surface area (Å²) < 4.78 is 0. The number of hydrogen-bond acceptors (Lipinski definition) is 3. The van der Waals surface area contributed by atoms with E-state index in [4.69, 9.17) is 0 Å². The molecule has 0 aliphatic carbocycles. The maximum Gasteiger partial charge on any atom is 0.272 e. The number of aromatic nitrogens is 1. The van der Waals surface area contributed by atoms with E-state index in [9.17, 15) is 14.4 Å². The van der Waals surface area contributed by atoms with Gasteiger partial charge in [0.05, 0.1) is 5.41 Å². The van der Waals surface area contributed by atoms with Crippen LogP contribution in [0.4, 0.5) is 5.69 Å². The minimum Gasteiger partial charge on any atom is -0.351 e. The summed E-state index contributed by atoms with van der Waals surface area (Å²) in [6.45, 7) is 6.01. The summed E-state index contributed by atoms with van der Waals surface area (Å²) in [6.07, 6.45) is 1.43. The lowest BCUT2D eigenvalue weighted by Gasteiger charge is -2.35. The van der Waals surface area contributed by atoms with Gasteiger partial charge in [-0.25, -0.2) is 0 Å². The minimum absolute atomic E-state index is 0.220. The Balaban J connectivity index is 1.55. The van der Waals surface area contributed by atoms with Gasteiger partial charge in [-0.3, -0.25) is 19.7 Å². The smallest absolute Gasteiger partial charge is 0.272 e. The van der Waals surface area contributed by atoms with Gasteiger partial charge < -0.3 is 10.3 Å². The highest BCUT2D eigenvalue weighted by Crippen LogP contribution is 2.36. The topological polar surface area (TPSA) is 91.1 Å². The van der Waals surface area contributed by atoms with Crippen molar-refractivity contribution in [3.8, 4) is 0 Å². The van der Waals surface area contributed by atoms with E-state index in [1.54, 1.807) is 12.1 Å². The number of nitrogens with one attached hydrogen (secondary N) is 3. The summed E-state index contributed by atoms with van der Waals surface area (Å²) in [5, 5.41) is 6.40. The van der Waals surface area contributed by atoms with E-state index in [-0.39, 0.29) is 17.7 Å². The summed E-state index contributed by atoms with van der Waals surface area (Å²) in [7, 11) is 0. The monoisotopic (exact) mass is 403 g/mol. The molecule has 0 spiro atoms. The molecule has 0 bridgehead atoms. The number of aryl methyl sites for hydroxylation is 2. The van der Waals surface area contributed by atoms with Gasteiger partial charge in [0.25, 0.3) is 5.91 Å². The summed E-state index contributed by atoms with van der Waals surface area (Å²) >= 11 is 0. The van der Waals surface area contributed by atoms with Gasteiger partial charge in [0.1, 0.15) is 5.69 Å². The van der Waals surface area contributed by atoms with Crippen LogP contribution < -0.4 is 10.6 Å². The SMILES string of the molecule is CCC1(c2ccc(NC(=O)c3cc4c(C)cc(C)cc4[nH]3)cc2)CCC(=O)NC1=O. The average Bonchev–Trinajstić information content (AvgIpc) is 3.14. The fourth-order valence-corrected chi connectivity index (χ4v) is 4.36. The molecule has 1 fully saturated rings. The normalized spacial score (nSPS) is 19.0. The predicted molar refractivity (Wildman–Crippen MR) is 117 cm³/mol. The number of benzene rings is 2. The standard InChI is InChI=1S/C24H25N3O3/c1-4-24(10-9-21(28)27-23(24)30)16-5-7-17(8-6-16)25-22(29)20-13-18-15(3)11-14(2)12-19(18)26-20/h5-8,11-13,26H,4,9-10H2,1-3H3,(H,25,29)(H,27,28,30). The molecule has 2 heterocycles. The Hall–Kier alpha value is -3.41. The van der Waals surface area contributed by atoms with Gasteiger partial charge in [0, 0.05) is 23.0 Å². The van der Waals surface area contributed by atoms with Crippen LogP contribution in [-0.4, -0.2) is 22.7 Å². The number of rotatable bonds is 4. The fourth-order valence-electron chi connectivity index (χ4n) is 4.36.